The molecule has 0 unspecified atom stereocenters. The van der Waals surface area contributed by atoms with Crippen LogP contribution >= 0.6 is 0 Å². The van der Waals surface area contributed by atoms with Gasteiger partial charge in [-0.15, -0.1) is 0 Å². The molecule has 0 aliphatic heterocycles. The Morgan fingerprint density at radius 2 is 2.03 bits per heavy atom. The van der Waals surface area contributed by atoms with E-state index in [4.69, 9.17) is 9.47 Å². The Labute approximate surface area is 183 Å². The van der Waals surface area contributed by atoms with Gasteiger partial charge in [0.05, 0.1) is 32.5 Å². The molecule has 1 aromatic carbocycles. The van der Waals surface area contributed by atoms with E-state index in [0.29, 0.717) is 11.5 Å². The molecule has 32 heavy (non-hydrogen) atoms. The summed E-state index contributed by atoms with van der Waals surface area (Å²) in [5.74, 6) is 0.215. The molecule has 4 aromatic rings. The van der Waals surface area contributed by atoms with Crippen LogP contribution in [0.15, 0.2) is 12.3 Å². The number of methoxy groups -OCH3 is 2. The number of anilines is 1. The Kier molecular flexibility index (Phi) is 5.01. The molecule has 0 amide bonds. The second-order valence-electron chi connectivity index (χ2n) is 7.80. The third-order valence-electron chi connectivity index (χ3n) is 5.73. The molecule has 0 bridgehead atoms. The third kappa shape index (κ3) is 3.18. The monoisotopic (exact) mass is 438 g/mol. The first-order chi connectivity index (χ1) is 15.6. The lowest BCUT2D eigenvalue weighted by atomic mass is 9.92. The molecule has 1 aliphatic carbocycles. The van der Waals surface area contributed by atoms with Crippen molar-refractivity contribution in [1.29, 1.82) is 0 Å². The van der Waals surface area contributed by atoms with Gasteiger partial charge in [-0.25, -0.2) is 9.37 Å². The van der Waals surface area contributed by atoms with E-state index in [1.165, 1.54) is 14.2 Å². The number of aliphatic hydroxyl groups excluding tert-OH is 1. The van der Waals surface area contributed by atoms with Crippen molar-refractivity contribution in [3.63, 3.8) is 0 Å². The average Bonchev–Trinajstić information content (AvgIpc) is 3.53. The van der Waals surface area contributed by atoms with Gasteiger partial charge < -0.3 is 19.9 Å². The SMILES string of the molecule is COc1nc(NCCO)c2c(OC)nc(-c3c(C4CC4)c(C)cc4[nH]ncc34)c(F)c2n1. The topological polar surface area (TPSA) is 118 Å². The molecule has 3 N–H and O–H groups in total. The average molecular weight is 438 g/mol. The zero-order valence-electron chi connectivity index (χ0n) is 18.0. The Morgan fingerprint density at radius 1 is 1.22 bits per heavy atom. The van der Waals surface area contributed by atoms with Crippen molar-refractivity contribution in [3.8, 4) is 23.1 Å². The van der Waals surface area contributed by atoms with E-state index in [9.17, 15) is 5.11 Å². The lowest BCUT2D eigenvalue weighted by Gasteiger charge is -2.17. The fourth-order valence-electron chi connectivity index (χ4n) is 4.22. The second-order valence-corrected chi connectivity index (χ2v) is 7.80. The van der Waals surface area contributed by atoms with Crippen LogP contribution in [-0.2, 0) is 0 Å². The second kappa shape index (κ2) is 7.86. The van der Waals surface area contributed by atoms with Gasteiger partial charge in [-0.3, -0.25) is 5.10 Å². The number of H-pyrrole nitrogens is 1. The number of ether oxygens (including phenoxy) is 2. The maximum absolute atomic E-state index is 16.1. The van der Waals surface area contributed by atoms with Crippen molar-refractivity contribution >= 4 is 27.6 Å². The number of nitrogens with zero attached hydrogens (tertiary/aromatic N) is 4. The van der Waals surface area contributed by atoms with Crippen LogP contribution in [0, 0.1) is 12.7 Å². The van der Waals surface area contributed by atoms with Gasteiger partial charge in [0.1, 0.15) is 22.4 Å². The van der Waals surface area contributed by atoms with Crippen LogP contribution in [0.4, 0.5) is 10.2 Å². The predicted molar refractivity (Wildman–Crippen MR) is 118 cm³/mol. The zero-order valence-corrected chi connectivity index (χ0v) is 18.0. The number of pyridine rings is 1. The molecule has 0 spiro atoms. The summed E-state index contributed by atoms with van der Waals surface area (Å²) >= 11 is 0. The van der Waals surface area contributed by atoms with Gasteiger partial charge >= 0.3 is 6.01 Å². The summed E-state index contributed by atoms with van der Waals surface area (Å²) in [5, 5.41) is 20.4. The molecular formula is C22H23FN6O3. The number of aliphatic hydroxyl groups is 1. The lowest BCUT2D eigenvalue weighted by Crippen LogP contribution is -2.11. The van der Waals surface area contributed by atoms with E-state index in [2.05, 4.69) is 30.5 Å². The molecule has 3 heterocycles. The van der Waals surface area contributed by atoms with Crippen LogP contribution in [0.2, 0.25) is 0 Å². The molecule has 0 radical (unpaired) electrons. The Morgan fingerprint density at radius 3 is 2.72 bits per heavy atom. The highest BCUT2D eigenvalue weighted by Crippen LogP contribution is 2.49. The Bertz CT molecular complexity index is 1330. The molecule has 9 nitrogen and oxygen atoms in total. The highest BCUT2D eigenvalue weighted by Gasteiger charge is 2.32. The minimum Gasteiger partial charge on any atom is -0.480 e. The van der Waals surface area contributed by atoms with Gasteiger partial charge in [0, 0.05) is 17.5 Å². The molecule has 5 rings (SSSR count). The maximum atomic E-state index is 16.1. The number of hydrogen-bond donors (Lipinski definition) is 3. The number of nitrogens with one attached hydrogen (secondary N) is 2. The van der Waals surface area contributed by atoms with Crippen molar-refractivity contribution in [2.24, 2.45) is 0 Å². The van der Waals surface area contributed by atoms with Crippen LogP contribution in [0.1, 0.15) is 29.9 Å². The van der Waals surface area contributed by atoms with Crippen LogP contribution in [0.25, 0.3) is 33.1 Å². The first-order valence-electron chi connectivity index (χ1n) is 10.4. The summed E-state index contributed by atoms with van der Waals surface area (Å²) in [6.45, 7) is 2.10. The van der Waals surface area contributed by atoms with Crippen molar-refractivity contribution < 1.29 is 19.0 Å². The summed E-state index contributed by atoms with van der Waals surface area (Å²) in [5.41, 5.74) is 3.83. The standard InChI is InChI=1S/C22H23FN6O3/c1-10-8-13-12(9-25-29-13)15(14(10)11-4-5-11)18-17(23)19-16(21(26-18)31-2)20(24-6-7-30)28-22(27-19)32-3/h8-9,11,30H,4-7H2,1-3H3,(H,25,29)(H,24,27,28). The zero-order chi connectivity index (χ0) is 22.4. The van der Waals surface area contributed by atoms with Crippen LogP contribution < -0.4 is 14.8 Å². The summed E-state index contributed by atoms with van der Waals surface area (Å²) in [4.78, 5) is 13.1. The van der Waals surface area contributed by atoms with E-state index < -0.39 is 5.82 Å². The van der Waals surface area contributed by atoms with Crippen molar-refractivity contribution in [2.75, 3.05) is 32.7 Å². The smallest absolute Gasteiger partial charge is 0.318 e. The van der Waals surface area contributed by atoms with Gasteiger partial charge in [0.25, 0.3) is 0 Å². The van der Waals surface area contributed by atoms with Gasteiger partial charge in [0.15, 0.2) is 5.82 Å². The van der Waals surface area contributed by atoms with Gasteiger partial charge in [-0.05, 0) is 42.9 Å². The summed E-state index contributed by atoms with van der Waals surface area (Å²) < 4.78 is 26.9. The van der Waals surface area contributed by atoms with Crippen LogP contribution in [0.5, 0.6) is 11.9 Å². The first kappa shape index (κ1) is 20.4. The molecule has 0 atom stereocenters. The first-order valence-corrected chi connectivity index (χ1v) is 10.4. The fraction of sp³-hybridized carbons (Fsp3) is 0.364. The number of aromatic nitrogens is 5. The van der Waals surface area contributed by atoms with Gasteiger partial charge in [-0.2, -0.15) is 15.1 Å². The number of rotatable bonds is 7. The van der Waals surface area contributed by atoms with E-state index >= 15 is 4.39 Å². The van der Waals surface area contributed by atoms with E-state index in [-0.39, 0.29) is 47.5 Å². The van der Waals surface area contributed by atoms with Crippen LogP contribution in [0.3, 0.4) is 0 Å². The predicted octanol–water partition coefficient (Wildman–Crippen LogP) is 3.31. The largest absolute Gasteiger partial charge is 0.480 e. The summed E-state index contributed by atoms with van der Waals surface area (Å²) in [7, 11) is 2.88. The molecule has 166 valence electrons. The highest BCUT2D eigenvalue weighted by molar-refractivity contribution is 6.01. The number of aryl methyl sites for hydroxylation is 1. The third-order valence-corrected chi connectivity index (χ3v) is 5.73. The maximum Gasteiger partial charge on any atom is 0.318 e. The normalized spacial score (nSPS) is 13.7. The number of halogens is 1. The molecule has 1 saturated carbocycles. The quantitative estimate of drug-likeness (QED) is 0.402. The van der Waals surface area contributed by atoms with E-state index in [1.807, 2.05) is 13.0 Å². The van der Waals surface area contributed by atoms with Crippen molar-refractivity contribution in [1.82, 2.24) is 25.1 Å². The highest BCUT2D eigenvalue weighted by atomic mass is 19.1. The number of hydrogen-bond acceptors (Lipinski definition) is 8. The molecule has 1 fully saturated rings. The molecule has 0 saturated heterocycles. The Hall–Kier alpha value is -3.53. The summed E-state index contributed by atoms with van der Waals surface area (Å²) in [6.07, 6.45) is 3.80. The molecule has 3 aromatic heterocycles. The van der Waals surface area contributed by atoms with E-state index in [0.717, 1.165) is 34.9 Å². The van der Waals surface area contributed by atoms with Crippen molar-refractivity contribution in [2.45, 2.75) is 25.7 Å². The van der Waals surface area contributed by atoms with E-state index in [1.54, 1.807) is 6.20 Å². The lowest BCUT2D eigenvalue weighted by molar-refractivity contribution is 0.311. The fourth-order valence-corrected chi connectivity index (χ4v) is 4.22. The van der Waals surface area contributed by atoms with Crippen molar-refractivity contribution in [3.05, 3.63) is 29.2 Å². The number of aromatic amines is 1. The van der Waals surface area contributed by atoms with Gasteiger partial charge in [-0.1, -0.05) is 0 Å². The molecule has 1 aliphatic rings. The number of benzene rings is 1. The minimum atomic E-state index is -0.594. The van der Waals surface area contributed by atoms with Gasteiger partial charge in [0.2, 0.25) is 5.88 Å². The van der Waals surface area contributed by atoms with Crippen LogP contribution in [-0.4, -0.2) is 57.6 Å². The minimum absolute atomic E-state index is 0.00356. The number of fused-ring (bicyclic) bond motifs is 2. The molecular weight excluding hydrogens is 415 g/mol. The Balaban J connectivity index is 1.87. The molecule has 10 heteroatoms. The summed E-state index contributed by atoms with van der Waals surface area (Å²) in [6, 6.07) is 2.04.